The average molecular weight is 168 g/mol. The molecule has 0 unspecified atom stereocenters. The Labute approximate surface area is 74.1 Å². The lowest BCUT2D eigenvalue weighted by atomic mass is 10.4. The molecule has 0 aliphatic carbocycles. The Morgan fingerprint density at radius 2 is 2.25 bits per heavy atom. The van der Waals surface area contributed by atoms with Gasteiger partial charge in [-0.3, -0.25) is 0 Å². The van der Waals surface area contributed by atoms with E-state index in [1.807, 2.05) is 13.8 Å². The summed E-state index contributed by atoms with van der Waals surface area (Å²) in [5, 5.41) is 2.71. The molecule has 0 aliphatic heterocycles. The summed E-state index contributed by atoms with van der Waals surface area (Å²) in [6.45, 7) is 5.65. The first-order valence-corrected chi connectivity index (χ1v) is 4.22. The van der Waals surface area contributed by atoms with Gasteiger partial charge in [0.05, 0.1) is 6.54 Å². The molecule has 0 aromatic rings. The fourth-order valence-corrected chi connectivity index (χ4v) is 0.896. The van der Waals surface area contributed by atoms with Gasteiger partial charge in [-0.2, -0.15) is 0 Å². The van der Waals surface area contributed by atoms with Crippen LogP contribution < -0.4 is 5.32 Å². The van der Waals surface area contributed by atoms with Gasteiger partial charge in [-0.25, -0.2) is 4.79 Å². The van der Waals surface area contributed by atoms with Gasteiger partial charge in [-0.15, -0.1) is 6.42 Å². The average Bonchev–Trinajstić information content (AvgIpc) is 2.04. The van der Waals surface area contributed by atoms with Gasteiger partial charge in [-0.05, 0) is 13.3 Å². The first-order valence-electron chi connectivity index (χ1n) is 4.22. The van der Waals surface area contributed by atoms with Crippen molar-refractivity contribution in [3.63, 3.8) is 0 Å². The third kappa shape index (κ3) is 3.87. The third-order valence-corrected chi connectivity index (χ3v) is 1.39. The Hall–Kier alpha value is -1.17. The van der Waals surface area contributed by atoms with Gasteiger partial charge in [0.2, 0.25) is 0 Å². The molecule has 0 aromatic heterocycles. The minimum Gasteiger partial charge on any atom is -0.338 e. The summed E-state index contributed by atoms with van der Waals surface area (Å²) in [5.74, 6) is 2.46. The van der Waals surface area contributed by atoms with E-state index in [4.69, 9.17) is 6.42 Å². The number of urea groups is 1. The lowest BCUT2D eigenvalue weighted by Crippen LogP contribution is -2.40. The number of hydrogen-bond donors (Lipinski definition) is 1. The molecule has 12 heavy (non-hydrogen) atoms. The van der Waals surface area contributed by atoms with Crippen LogP contribution in [0.5, 0.6) is 0 Å². The summed E-state index contributed by atoms with van der Waals surface area (Å²) in [6.07, 6.45) is 6.05. The molecule has 0 saturated heterocycles. The van der Waals surface area contributed by atoms with E-state index in [9.17, 15) is 4.79 Å². The Morgan fingerprint density at radius 3 is 2.67 bits per heavy atom. The Balaban J connectivity index is 3.92. The molecule has 3 nitrogen and oxygen atoms in total. The van der Waals surface area contributed by atoms with Crippen LogP contribution in [0, 0.1) is 12.3 Å². The van der Waals surface area contributed by atoms with Crippen LogP contribution in [0.15, 0.2) is 0 Å². The van der Waals surface area contributed by atoms with E-state index >= 15 is 0 Å². The molecule has 2 amide bonds. The van der Waals surface area contributed by atoms with E-state index in [0.29, 0.717) is 13.1 Å². The normalized spacial score (nSPS) is 8.75. The lowest BCUT2D eigenvalue weighted by molar-refractivity contribution is 0.205. The molecule has 0 atom stereocenters. The second-order valence-electron chi connectivity index (χ2n) is 2.46. The summed E-state index contributed by atoms with van der Waals surface area (Å²) < 4.78 is 0. The van der Waals surface area contributed by atoms with Crippen LogP contribution in [-0.4, -0.2) is 30.6 Å². The topological polar surface area (TPSA) is 32.3 Å². The van der Waals surface area contributed by atoms with E-state index in [1.165, 1.54) is 0 Å². The molecule has 0 fully saturated rings. The molecule has 0 rings (SSSR count). The van der Waals surface area contributed by atoms with Gasteiger partial charge in [0.15, 0.2) is 0 Å². The van der Waals surface area contributed by atoms with Crippen molar-refractivity contribution in [2.45, 2.75) is 20.3 Å². The third-order valence-electron chi connectivity index (χ3n) is 1.39. The Kier molecular flexibility index (Phi) is 5.90. The van der Waals surface area contributed by atoms with Crippen LogP contribution in [0.1, 0.15) is 20.3 Å². The number of terminal acetylenes is 1. The minimum atomic E-state index is -0.0719. The second-order valence-corrected chi connectivity index (χ2v) is 2.46. The molecule has 0 radical (unpaired) electrons. The zero-order valence-electron chi connectivity index (χ0n) is 7.76. The van der Waals surface area contributed by atoms with E-state index in [-0.39, 0.29) is 6.03 Å². The maximum absolute atomic E-state index is 11.2. The monoisotopic (exact) mass is 168 g/mol. The molecule has 0 aliphatic rings. The summed E-state index contributed by atoms with van der Waals surface area (Å²) in [6, 6.07) is -0.0719. The van der Waals surface area contributed by atoms with Crippen LogP contribution >= 0.6 is 0 Å². The molecule has 0 spiro atoms. The van der Waals surface area contributed by atoms with Gasteiger partial charge in [0, 0.05) is 13.1 Å². The van der Waals surface area contributed by atoms with Gasteiger partial charge < -0.3 is 10.2 Å². The van der Waals surface area contributed by atoms with Crippen molar-refractivity contribution in [3.05, 3.63) is 0 Å². The zero-order valence-corrected chi connectivity index (χ0v) is 7.76. The van der Waals surface area contributed by atoms with Crippen LogP contribution in [0.3, 0.4) is 0 Å². The zero-order chi connectivity index (χ0) is 9.40. The number of amides is 2. The number of nitrogens with one attached hydrogen (secondary N) is 1. The standard InChI is InChI=1S/C9H16N2O/c1-4-7-11(8-5-2)9(12)10-6-3/h1H,5-8H2,2-3H3,(H,10,12). The number of hydrogen-bond acceptors (Lipinski definition) is 1. The first kappa shape index (κ1) is 10.8. The number of rotatable bonds is 4. The maximum Gasteiger partial charge on any atom is 0.318 e. The molecule has 3 heteroatoms. The molecule has 0 saturated carbocycles. The fraction of sp³-hybridized carbons (Fsp3) is 0.667. The van der Waals surface area contributed by atoms with Gasteiger partial charge in [0.25, 0.3) is 0 Å². The molecule has 68 valence electrons. The van der Waals surface area contributed by atoms with E-state index in [2.05, 4.69) is 11.2 Å². The van der Waals surface area contributed by atoms with Gasteiger partial charge in [0.1, 0.15) is 0 Å². The molecular formula is C9H16N2O. The van der Waals surface area contributed by atoms with Gasteiger partial charge in [-0.1, -0.05) is 12.8 Å². The lowest BCUT2D eigenvalue weighted by Gasteiger charge is -2.19. The van der Waals surface area contributed by atoms with Crippen molar-refractivity contribution in [1.82, 2.24) is 10.2 Å². The number of carbonyl (C=O) groups is 1. The van der Waals surface area contributed by atoms with Crippen LogP contribution in [0.2, 0.25) is 0 Å². The highest BCUT2D eigenvalue weighted by molar-refractivity contribution is 5.74. The van der Waals surface area contributed by atoms with Gasteiger partial charge >= 0.3 is 6.03 Å². The van der Waals surface area contributed by atoms with E-state index in [0.717, 1.165) is 13.0 Å². The van der Waals surface area contributed by atoms with E-state index < -0.39 is 0 Å². The van der Waals surface area contributed by atoms with Crippen LogP contribution in [0.4, 0.5) is 4.79 Å². The highest BCUT2D eigenvalue weighted by Crippen LogP contribution is 1.90. The summed E-state index contributed by atoms with van der Waals surface area (Å²) >= 11 is 0. The molecular weight excluding hydrogens is 152 g/mol. The summed E-state index contributed by atoms with van der Waals surface area (Å²) in [4.78, 5) is 12.9. The largest absolute Gasteiger partial charge is 0.338 e. The van der Waals surface area contributed by atoms with Crippen molar-refractivity contribution < 1.29 is 4.79 Å². The van der Waals surface area contributed by atoms with Crippen molar-refractivity contribution in [1.29, 1.82) is 0 Å². The Bertz CT molecular complexity index is 172. The predicted molar refractivity (Wildman–Crippen MR) is 49.8 cm³/mol. The molecule has 1 N–H and O–H groups in total. The first-order chi connectivity index (χ1) is 5.76. The van der Waals surface area contributed by atoms with Crippen molar-refractivity contribution in [3.8, 4) is 12.3 Å². The fourth-order valence-electron chi connectivity index (χ4n) is 0.896. The number of carbonyl (C=O) groups excluding carboxylic acids is 1. The quantitative estimate of drug-likeness (QED) is 0.625. The SMILES string of the molecule is C#CCN(CCC)C(=O)NCC. The van der Waals surface area contributed by atoms with E-state index in [1.54, 1.807) is 4.90 Å². The van der Waals surface area contributed by atoms with Crippen LogP contribution in [0.25, 0.3) is 0 Å². The minimum absolute atomic E-state index is 0.0719. The molecule has 0 bridgehead atoms. The summed E-state index contributed by atoms with van der Waals surface area (Å²) in [5.41, 5.74) is 0. The highest BCUT2D eigenvalue weighted by Gasteiger charge is 2.08. The Morgan fingerprint density at radius 1 is 1.58 bits per heavy atom. The van der Waals surface area contributed by atoms with Crippen molar-refractivity contribution in [2.24, 2.45) is 0 Å². The van der Waals surface area contributed by atoms with Crippen molar-refractivity contribution >= 4 is 6.03 Å². The van der Waals surface area contributed by atoms with Crippen LogP contribution in [-0.2, 0) is 0 Å². The molecule has 0 aromatic carbocycles. The molecule has 0 heterocycles. The predicted octanol–water partition coefficient (Wildman–Crippen LogP) is 1.06. The summed E-state index contributed by atoms with van der Waals surface area (Å²) in [7, 11) is 0. The van der Waals surface area contributed by atoms with Crippen molar-refractivity contribution in [2.75, 3.05) is 19.6 Å². The maximum atomic E-state index is 11.2. The number of nitrogens with zero attached hydrogens (tertiary/aromatic N) is 1. The highest BCUT2D eigenvalue weighted by atomic mass is 16.2. The second kappa shape index (κ2) is 6.53. The smallest absolute Gasteiger partial charge is 0.318 e.